The fraction of sp³-hybridized carbons (Fsp3) is 0.267. The van der Waals surface area contributed by atoms with Gasteiger partial charge in [0.1, 0.15) is 11.9 Å². The van der Waals surface area contributed by atoms with Gasteiger partial charge < -0.3 is 9.84 Å². The Hall–Kier alpha value is -1.39. The van der Waals surface area contributed by atoms with Crippen molar-refractivity contribution < 1.29 is 9.84 Å². The first-order valence-corrected chi connectivity index (χ1v) is 6.99. The van der Waals surface area contributed by atoms with E-state index in [1.165, 1.54) is 0 Å². The summed E-state index contributed by atoms with van der Waals surface area (Å²) in [4.78, 5) is 4.15. The number of halogens is 1. The maximum atomic E-state index is 10.3. The zero-order chi connectivity index (χ0) is 13.4. The third-order valence-corrected chi connectivity index (χ3v) is 3.96. The first-order chi connectivity index (χ1) is 9.15. The van der Waals surface area contributed by atoms with Gasteiger partial charge in [-0.25, -0.2) is 0 Å². The van der Waals surface area contributed by atoms with Gasteiger partial charge in [0.05, 0.1) is 6.10 Å². The van der Waals surface area contributed by atoms with E-state index in [1.54, 1.807) is 6.20 Å². The van der Waals surface area contributed by atoms with Gasteiger partial charge in [0.25, 0.3) is 0 Å². The number of hydrogen-bond donors (Lipinski definition) is 1. The van der Waals surface area contributed by atoms with Crippen molar-refractivity contribution in [2.45, 2.75) is 25.6 Å². The van der Waals surface area contributed by atoms with Crippen molar-refractivity contribution in [2.75, 3.05) is 0 Å². The highest BCUT2D eigenvalue weighted by Gasteiger charge is 2.29. The zero-order valence-electron chi connectivity index (χ0n) is 10.5. The average molecular weight is 320 g/mol. The molecule has 0 amide bonds. The molecule has 0 aliphatic carbocycles. The van der Waals surface area contributed by atoms with Gasteiger partial charge in [-0.15, -0.1) is 0 Å². The van der Waals surface area contributed by atoms with Crippen molar-refractivity contribution in [3.63, 3.8) is 0 Å². The van der Waals surface area contributed by atoms with Gasteiger partial charge in [0, 0.05) is 34.4 Å². The van der Waals surface area contributed by atoms with Crippen molar-refractivity contribution in [1.29, 1.82) is 0 Å². The van der Waals surface area contributed by atoms with Gasteiger partial charge in [-0.3, -0.25) is 4.98 Å². The number of aliphatic hydroxyl groups excluding tert-OH is 1. The van der Waals surface area contributed by atoms with E-state index in [2.05, 4.69) is 20.9 Å². The number of hydrogen-bond acceptors (Lipinski definition) is 3. The Balaban J connectivity index is 1.97. The molecule has 0 spiro atoms. The fourth-order valence-corrected chi connectivity index (χ4v) is 2.80. The molecule has 1 aromatic carbocycles. The molecule has 1 aromatic heterocycles. The van der Waals surface area contributed by atoms with Gasteiger partial charge in [-0.2, -0.15) is 0 Å². The first kappa shape index (κ1) is 12.6. The van der Waals surface area contributed by atoms with Crippen LogP contribution in [0, 0.1) is 6.92 Å². The minimum absolute atomic E-state index is 0.141. The molecule has 4 heteroatoms. The highest BCUT2D eigenvalue weighted by atomic mass is 79.9. The molecule has 1 aliphatic heterocycles. The van der Waals surface area contributed by atoms with Gasteiger partial charge in [-0.05, 0) is 36.8 Å². The number of aryl methyl sites for hydroxylation is 1. The summed E-state index contributed by atoms with van der Waals surface area (Å²) in [7, 11) is 0. The molecule has 19 heavy (non-hydrogen) atoms. The summed E-state index contributed by atoms with van der Waals surface area (Å²) in [5.74, 6) is 0.746. The fourth-order valence-electron chi connectivity index (χ4n) is 2.42. The van der Waals surface area contributed by atoms with Crippen LogP contribution < -0.4 is 4.74 Å². The second-order valence-electron chi connectivity index (χ2n) is 4.77. The standard InChI is InChI=1S/C15H14BrNO2/c1-9-4-5-17-8-12(9)15-7-13(18)11-6-10(16)2-3-14(11)19-15/h2-6,8,13,15,18H,7H2,1H3. The van der Waals surface area contributed by atoms with E-state index >= 15 is 0 Å². The smallest absolute Gasteiger partial charge is 0.128 e. The van der Waals surface area contributed by atoms with Crippen LogP contribution in [0.2, 0.25) is 0 Å². The lowest BCUT2D eigenvalue weighted by atomic mass is 9.94. The Morgan fingerprint density at radius 2 is 2.16 bits per heavy atom. The molecule has 3 rings (SSSR count). The van der Waals surface area contributed by atoms with Crippen LogP contribution in [0.4, 0.5) is 0 Å². The molecule has 98 valence electrons. The maximum Gasteiger partial charge on any atom is 0.128 e. The summed E-state index contributed by atoms with van der Waals surface area (Å²) in [5.41, 5.74) is 3.01. The monoisotopic (exact) mass is 319 g/mol. The molecule has 2 heterocycles. The first-order valence-electron chi connectivity index (χ1n) is 6.20. The summed E-state index contributed by atoms with van der Waals surface area (Å²) < 4.78 is 6.95. The lowest BCUT2D eigenvalue weighted by Crippen LogP contribution is -2.19. The summed E-state index contributed by atoms with van der Waals surface area (Å²) in [6.45, 7) is 2.03. The van der Waals surface area contributed by atoms with Crippen LogP contribution in [0.3, 0.4) is 0 Å². The third kappa shape index (κ3) is 2.38. The van der Waals surface area contributed by atoms with Crippen molar-refractivity contribution in [2.24, 2.45) is 0 Å². The Kier molecular flexibility index (Phi) is 3.29. The highest BCUT2D eigenvalue weighted by Crippen LogP contribution is 2.42. The van der Waals surface area contributed by atoms with Gasteiger partial charge in [0.2, 0.25) is 0 Å². The largest absolute Gasteiger partial charge is 0.485 e. The van der Waals surface area contributed by atoms with Crippen LogP contribution >= 0.6 is 15.9 Å². The predicted octanol–water partition coefficient (Wildman–Crippen LogP) is 3.71. The molecule has 0 fully saturated rings. The van der Waals surface area contributed by atoms with Gasteiger partial charge >= 0.3 is 0 Å². The lowest BCUT2D eigenvalue weighted by Gasteiger charge is -2.30. The number of pyridine rings is 1. The topological polar surface area (TPSA) is 42.4 Å². The van der Waals surface area contributed by atoms with E-state index in [-0.39, 0.29) is 6.10 Å². The van der Waals surface area contributed by atoms with Crippen molar-refractivity contribution in [3.8, 4) is 5.75 Å². The molecule has 0 saturated heterocycles. The molecule has 0 radical (unpaired) electrons. The zero-order valence-corrected chi connectivity index (χ0v) is 12.1. The van der Waals surface area contributed by atoms with Crippen LogP contribution in [0.15, 0.2) is 41.1 Å². The summed E-state index contributed by atoms with van der Waals surface area (Å²) in [6, 6.07) is 7.68. The molecule has 1 aliphatic rings. The maximum absolute atomic E-state index is 10.3. The van der Waals surface area contributed by atoms with Crippen LogP contribution in [-0.4, -0.2) is 10.1 Å². The number of nitrogens with zero attached hydrogens (tertiary/aromatic N) is 1. The van der Waals surface area contributed by atoms with E-state index in [0.29, 0.717) is 6.42 Å². The van der Waals surface area contributed by atoms with E-state index in [0.717, 1.165) is 26.9 Å². The molecule has 3 nitrogen and oxygen atoms in total. The molecule has 2 atom stereocenters. The van der Waals surface area contributed by atoms with Crippen molar-refractivity contribution in [3.05, 3.63) is 57.8 Å². The number of fused-ring (bicyclic) bond motifs is 1. The van der Waals surface area contributed by atoms with Crippen LogP contribution in [0.5, 0.6) is 5.75 Å². The summed E-state index contributed by atoms with van der Waals surface area (Å²) in [6.07, 6.45) is 3.48. The van der Waals surface area contributed by atoms with E-state index < -0.39 is 6.10 Å². The van der Waals surface area contributed by atoms with Gasteiger partial charge in [-0.1, -0.05) is 15.9 Å². The van der Waals surface area contributed by atoms with Crippen molar-refractivity contribution >= 4 is 15.9 Å². The molecular weight excluding hydrogens is 306 g/mol. The lowest BCUT2D eigenvalue weighted by molar-refractivity contribution is 0.0652. The number of aliphatic hydroxyl groups is 1. The predicted molar refractivity (Wildman–Crippen MR) is 76.1 cm³/mol. The molecule has 0 saturated carbocycles. The number of benzene rings is 1. The highest BCUT2D eigenvalue weighted by molar-refractivity contribution is 9.10. The second-order valence-corrected chi connectivity index (χ2v) is 5.69. The van der Waals surface area contributed by atoms with Gasteiger partial charge in [0.15, 0.2) is 0 Å². The SMILES string of the molecule is Cc1ccncc1C1CC(O)c2cc(Br)ccc2O1. The minimum Gasteiger partial charge on any atom is -0.485 e. The molecule has 2 aromatic rings. The number of aromatic nitrogens is 1. The average Bonchev–Trinajstić information content (AvgIpc) is 2.40. The summed E-state index contributed by atoms with van der Waals surface area (Å²) >= 11 is 3.41. The molecule has 1 N–H and O–H groups in total. The number of rotatable bonds is 1. The number of ether oxygens (including phenoxy) is 1. The molecule has 0 bridgehead atoms. The third-order valence-electron chi connectivity index (χ3n) is 3.46. The second kappa shape index (κ2) is 4.94. The quantitative estimate of drug-likeness (QED) is 0.871. The van der Waals surface area contributed by atoms with Crippen LogP contribution in [0.25, 0.3) is 0 Å². The summed E-state index contributed by atoms with van der Waals surface area (Å²) in [5, 5.41) is 10.3. The van der Waals surface area contributed by atoms with Crippen LogP contribution in [0.1, 0.15) is 35.3 Å². The molecule has 2 unspecified atom stereocenters. The normalized spacial score (nSPS) is 21.6. The van der Waals surface area contributed by atoms with E-state index in [4.69, 9.17) is 4.74 Å². The Bertz CT molecular complexity index is 615. The molecular formula is C15H14BrNO2. The van der Waals surface area contributed by atoms with Crippen molar-refractivity contribution in [1.82, 2.24) is 4.98 Å². The Morgan fingerprint density at radius 1 is 1.32 bits per heavy atom. The Morgan fingerprint density at radius 3 is 2.95 bits per heavy atom. The Labute approximate surface area is 120 Å². The van der Waals surface area contributed by atoms with Crippen LogP contribution in [-0.2, 0) is 0 Å². The van der Waals surface area contributed by atoms with E-state index in [9.17, 15) is 5.11 Å². The minimum atomic E-state index is -0.508. The van der Waals surface area contributed by atoms with E-state index in [1.807, 2.05) is 37.4 Å².